The van der Waals surface area contributed by atoms with Crippen molar-refractivity contribution in [3.63, 3.8) is 0 Å². The lowest BCUT2D eigenvalue weighted by Gasteiger charge is -2.41. The minimum absolute atomic E-state index is 0.0940. The van der Waals surface area contributed by atoms with Gasteiger partial charge in [-0.3, -0.25) is 0 Å². The predicted molar refractivity (Wildman–Crippen MR) is 80.8 cm³/mol. The highest BCUT2D eigenvalue weighted by molar-refractivity contribution is 6.31. The standard InChI is InChI=1S/C16H24ClNO/c1-18(2)12-14(13-8-4-5-9-15(13)17)16(19)10-6-3-7-11-16/h4-5,8-9,14,19H,3,6-7,10-12H2,1-2H3/t14-/m1/s1. The fraction of sp³-hybridized carbons (Fsp3) is 0.625. The summed E-state index contributed by atoms with van der Waals surface area (Å²) in [6, 6.07) is 7.94. The van der Waals surface area contributed by atoms with Crippen LogP contribution in [0.5, 0.6) is 0 Å². The molecular weight excluding hydrogens is 258 g/mol. The molecular formula is C16H24ClNO. The summed E-state index contributed by atoms with van der Waals surface area (Å²) in [6.07, 6.45) is 5.24. The summed E-state index contributed by atoms with van der Waals surface area (Å²) >= 11 is 6.35. The van der Waals surface area contributed by atoms with E-state index in [1.807, 2.05) is 18.2 Å². The summed E-state index contributed by atoms with van der Waals surface area (Å²) in [5.41, 5.74) is 0.482. The largest absolute Gasteiger partial charge is 0.389 e. The number of likely N-dealkylation sites (N-methyl/N-ethyl adjacent to an activating group) is 1. The zero-order valence-corrected chi connectivity index (χ0v) is 12.7. The van der Waals surface area contributed by atoms with Gasteiger partial charge in [0.1, 0.15) is 0 Å². The molecule has 2 rings (SSSR count). The van der Waals surface area contributed by atoms with Crippen molar-refractivity contribution in [1.82, 2.24) is 4.90 Å². The molecule has 0 saturated heterocycles. The number of benzene rings is 1. The topological polar surface area (TPSA) is 23.5 Å². The van der Waals surface area contributed by atoms with Gasteiger partial charge >= 0.3 is 0 Å². The molecule has 0 aliphatic heterocycles. The van der Waals surface area contributed by atoms with Crippen molar-refractivity contribution in [2.75, 3.05) is 20.6 Å². The quantitative estimate of drug-likeness (QED) is 0.910. The molecule has 0 unspecified atom stereocenters. The Morgan fingerprint density at radius 3 is 2.42 bits per heavy atom. The second kappa shape index (κ2) is 6.25. The molecule has 19 heavy (non-hydrogen) atoms. The molecule has 0 radical (unpaired) electrons. The Morgan fingerprint density at radius 2 is 1.84 bits per heavy atom. The minimum Gasteiger partial charge on any atom is -0.389 e. The van der Waals surface area contributed by atoms with Crippen LogP contribution in [0, 0.1) is 0 Å². The second-order valence-electron chi connectivity index (χ2n) is 6.00. The van der Waals surface area contributed by atoms with Crippen molar-refractivity contribution < 1.29 is 5.11 Å². The lowest BCUT2D eigenvalue weighted by molar-refractivity contribution is -0.0277. The molecule has 1 N–H and O–H groups in total. The highest BCUT2D eigenvalue weighted by atomic mass is 35.5. The Balaban J connectivity index is 2.32. The Morgan fingerprint density at radius 1 is 1.21 bits per heavy atom. The zero-order chi connectivity index (χ0) is 13.9. The SMILES string of the molecule is CN(C)C[C@H](c1ccccc1Cl)C1(O)CCCCC1. The van der Waals surface area contributed by atoms with Crippen LogP contribution in [0.2, 0.25) is 5.02 Å². The molecule has 2 nitrogen and oxygen atoms in total. The summed E-state index contributed by atoms with van der Waals surface area (Å²) in [5.74, 6) is 0.0940. The van der Waals surface area contributed by atoms with E-state index in [0.29, 0.717) is 0 Å². The van der Waals surface area contributed by atoms with Crippen LogP contribution in [0.4, 0.5) is 0 Å². The molecule has 1 aromatic carbocycles. The fourth-order valence-corrected chi connectivity index (χ4v) is 3.46. The van der Waals surface area contributed by atoms with Crippen LogP contribution in [0.15, 0.2) is 24.3 Å². The Bertz CT molecular complexity index is 413. The van der Waals surface area contributed by atoms with E-state index in [1.165, 1.54) is 6.42 Å². The number of hydrogen-bond donors (Lipinski definition) is 1. The first-order valence-corrected chi connectivity index (χ1v) is 7.52. The third-order valence-corrected chi connectivity index (χ3v) is 4.54. The molecule has 0 bridgehead atoms. The molecule has 106 valence electrons. The first-order chi connectivity index (χ1) is 9.03. The lowest BCUT2D eigenvalue weighted by atomic mass is 9.72. The van der Waals surface area contributed by atoms with Crippen LogP contribution in [0.3, 0.4) is 0 Å². The van der Waals surface area contributed by atoms with Gasteiger partial charge < -0.3 is 10.0 Å². The first kappa shape index (κ1) is 14.8. The Kier molecular flexibility index (Phi) is 4.88. The second-order valence-corrected chi connectivity index (χ2v) is 6.41. The van der Waals surface area contributed by atoms with Crippen LogP contribution < -0.4 is 0 Å². The maximum Gasteiger partial charge on any atom is 0.0728 e. The summed E-state index contributed by atoms with van der Waals surface area (Å²) in [6.45, 7) is 0.834. The monoisotopic (exact) mass is 281 g/mol. The molecule has 1 aliphatic rings. The number of aliphatic hydroxyl groups is 1. The summed E-state index contributed by atoms with van der Waals surface area (Å²) < 4.78 is 0. The van der Waals surface area contributed by atoms with Crippen LogP contribution in [-0.4, -0.2) is 36.2 Å². The highest BCUT2D eigenvalue weighted by Crippen LogP contribution is 2.42. The molecule has 1 aliphatic carbocycles. The van der Waals surface area contributed by atoms with E-state index in [4.69, 9.17) is 11.6 Å². The van der Waals surface area contributed by atoms with Gasteiger partial charge in [-0.15, -0.1) is 0 Å². The molecule has 1 saturated carbocycles. The van der Waals surface area contributed by atoms with Gasteiger partial charge in [0, 0.05) is 17.5 Å². The molecule has 0 amide bonds. The smallest absolute Gasteiger partial charge is 0.0728 e. The fourth-order valence-electron chi connectivity index (χ4n) is 3.19. The summed E-state index contributed by atoms with van der Waals surface area (Å²) in [4.78, 5) is 2.14. The third kappa shape index (κ3) is 3.50. The van der Waals surface area contributed by atoms with Gasteiger partial charge in [0.2, 0.25) is 0 Å². The van der Waals surface area contributed by atoms with Gasteiger partial charge in [0.15, 0.2) is 0 Å². The van der Waals surface area contributed by atoms with Crippen molar-refractivity contribution in [2.24, 2.45) is 0 Å². The number of nitrogens with zero attached hydrogens (tertiary/aromatic N) is 1. The van der Waals surface area contributed by atoms with E-state index in [2.05, 4.69) is 25.1 Å². The van der Waals surface area contributed by atoms with Gasteiger partial charge in [0.05, 0.1) is 5.60 Å². The predicted octanol–water partition coefficient (Wildman–Crippen LogP) is 3.68. The number of hydrogen-bond acceptors (Lipinski definition) is 2. The average Bonchev–Trinajstić information content (AvgIpc) is 2.37. The molecule has 1 aromatic rings. The van der Waals surface area contributed by atoms with Crippen LogP contribution in [-0.2, 0) is 0 Å². The minimum atomic E-state index is -0.604. The molecule has 0 heterocycles. The molecule has 0 spiro atoms. The maximum absolute atomic E-state index is 11.1. The van der Waals surface area contributed by atoms with E-state index in [-0.39, 0.29) is 5.92 Å². The number of rotatable bonds is 4. The number of halogens is 1. The van der Waals surface area contributed by atoms with Crippen LogP contribution in [0.1, 0.15) is 43.6 Å². The zero-order valence-electron chi connectivity index (χ0n) is 11.9. The third-order valence-electron chi connectivity index (χ3n) is 4.20. The van der Waals surface area contributed by atoms with Gasteiger partial charge in [-0.2, -0.15) is 0 Å². The van der Waals surface area contributed by atoms with Gasteiger partial charge in [-0.05, 0) is 38.6 Å². The van der Waals surface area contributed by atoms with E-state index in [9.17, 15) is 5.11 Å². The van der Waals surface area contributed by atoms with E-state index in [1.54, 1.807) is 0 Å². The highest BCUT2D eigenvalue weighted by Gasteiger charge is 2.39. The first-order valence-electron chi connectivity index (χ1n) is 7.14. The van der Waals surface area contributed by atoms with Crippen molar-refractivity contribution in [2.45, 2.75) is 43.6 Å². The molecule has 1 atom stereocenters. The van der Waals surface area contributed by atoms with Crippen LogP contribution in [0.25, 0.3) is 0 Å². The lowest BCUT2D eigenvalue weighted by Crippen LogP contribution is -2.43. The van der Waals surface area contributed by atoms with Crippen molar-refractivity contribution >= 4 is 11.6 Å². The summed E-state index contributed by atoms with van der Waals surface area (Å²) in [5, 5.41) is 11.8. The Hall–Kier alpha value is -0.570. The van der Waals surface area contributed by atoms with E-state index >= 15 is 0 Å². The van der Waals surface area contributed by atoms with Gasteiger partial charge in [-0.25, -0.2) is 0 Å². The van der Waals surface area contributed by atoms with Gasteiger partial charge in [-0.1, -0.05) is 49.1 Å². The van der Waals surface area contributed by atoms with E-state index < -0.39 is 5.60 Å². The van der Waals surface area contributed by atoms with Gasteiger partial charge in [0.25, 0.3) is 0 Å². The summed E-state index contributed by atoms with van der Waals surface area (Å²) in [7, 11) is 4.10. The van der Waals surface area contributed by atoms with Crippen LogP contribution >= 0.6 is 11.6 Å². The maximum atomic E-state index is 11.1. The van der Waals surface area contributed by atoms with Crippen molar-refractivity contribution in [3.05, 3.63) is 34.9 Å². The van der Waals surface area contributed by atoms with Crippen molar-refractivity contribution in [1.29, 1.82) is 0 Å². The van der Waals surface area contributed by atoms with E-state index in [0.717, 1.165) is 42.8 Å². The molecule has 3 heteroatoms. The normalized spacial score (nSPS) is 20.5. The molecule has 0 aromatic heterocycles. The van der Waals surface area contributed by atoms with Crippen molar-refractivity contribution in [3.8, 4) is 0 Å². The Labute approximate surface area is 121 Å². The molecule has 1 fully saturated rings. The average molecular weight is 282 g/mol.